The first kappa shape index (κ1) is 24.5. The fraction of sp³-hybridized carbons (Fsp3) is 0.421. The van der Waals surface area contributed by atoms with E-state index in [2.05, 4.69) is 40.8 Å². The Balaban J connectivity index is 1.69. The highest BCUT2D eigenvalue weighted by Crippen LogP contribution is 2.23. The predicted octanol–water partition coefficient (Wildman–Crippen LogP) is 2.18. The van der Waals surface area contributed by atoms with E-state index in [1.54, 1.807) is 36.4 Å². The smallest absolute Gasteiger partial charge is 0.261 e. The number of hydrogen-bond acceptors (Lipinski definition) is 10. The molecule has 0 bridgehead atoms. The van der Waals surface area contributed by atoms with Crippen LogP contribution in [0.1, 0.15) is 26.3 Å². The second-order valence-electron chi connectivity index (χ2n) is 6.92. The van der Waals surface area contributed by atoms with E-state index in [0.717, 1.165) is 0 Å². The lowest BCUT2D eigenvalue weighted by molar-refractivity contribution is -0.113. The predicted molar refractivity (Wildman–Crippen MR) is 131 cm³/mol. The van der Waals surface area contributed by atoms with Crippen molar-refractivity contribution in [1.82, 2.24) is 24.6 Å². The number of thioether (sulfide) groups is 1. The number of hydrogen-bond donors (Lipinski definition) is 4. The first-order valence-corrected chi connectivity index (χ1v) is 13.0. The van der Waals surface area contributed by atoms with E-state index in [1.807, 2.05) is 13.8 Å². The molecule has 0 atom stereocenters. The molecule has 0 aliphatic rings. The van der Waals surface area contributed by atoms with Gasteiger partial charge in [0, 0.05) is 18.8 Å². The lowest BCUT2D eigenvalue weighted by Gasteiger charge is -2.12. The van der Waals surface area contributed by atoms with Gasteiger partial charge in [-0.25, -0.2) is 12.8 Å². The maximum atomic E-state index is 12.5. The molecule has 14 heteroatoms. The van der Waals surface area contributed by atoms with Crippen LogP contribution in [-0.2, 0) is 14.8 Å². The Morgan fingerprint density at radius 1 is 1.09 bits per heavy atom. The highest BCUT2D eigenvalue weighted by atomic mass is 32.2. The van der Waals surface area contributed by atoms with Crippen LogP contribution >= 0.6 is 11.8 Å². The van der Waals surface area contributed by atoms with Crippen LogP contribution in [0.25, 0.3) is 5.78 Å². The zero-order valence-corrected chi connectivity index (χ0v) is 20.5. The minimum atomic E-state index is -3.37. The molecule has 0 fully saturated rings. The molecule has 33 heavy (non-hydrogen) atoms. The summed E-state index contributed by atoms with van der Waals surface area (Å²) in [5, 5.41) is 17.8. The van der Waals surface area contributed by atoms with Crippen LogP contribution in [0.5, 0.6) is 0 Å². The fourth-order valence-electron chi connectivity index (χ4n) is 2.82. The summed E-state index contributed by atoms with van der Waals surface area (Å²) in [6, 6.07) is 4.98. The molecular weight excluding hydrogens is 466 g/mol. The Labute approximate surface area is 196 Å². The quantitative estimate of drug-likeness (QED) is 0.292. The van der Waals surface area contributed by atoms with Gasteiger partial charge < -0.3 is 16.0 Å². The fourth-order valence-corrected chi connectivity index (χ4v) is 4.26. The lowest BCUT2D eigenvalue weighted by Crippen LogP contribution is -2.17. The second kappa shape index (κ2) is 10.7. The Bertz CT molecular complexity index is 1240. The van der Waals surface area contributed by atoms with E-state index in [0.29, 0.717) is 52.9 Å². The number of rotatable bonds is 11. The number of sulfonamides is 1. The summed E-state index contributed by atoms with van der Waals surface area (Å²) in [5.74, 6) is 1.18. The normalized spacial score (nSPS) is 11.4. The van der Waals surface area contributed by atoms with Gasteiger partial charge in [-0.15, -0.1) is 10.2 Å². The van der Waals surface area contributed by atoms with Crippen molar-refractivity contribution < 1.29 is 13.2 Å². The van der Waals surface area contributed by atoms with E-state index >= 15 is 0 Å². The summed E-state index contributed by atoms with van der Waals surface area (Å²) in [4.78, 5) is 21.3. The molecule has 3 rings (SSSR count). The Morgan fingerprint density at radius 3 is 2.52 bits per heavy atom. The molecule has 12 nitrogen and oxygen atoms in total. The molecule has 0 spiro atoms. The van der Waals surface area contributed by atoms with Crippen LogP contribution in [0.4, 0.5) is 23.3 Å². The number of nitrogens with one attached hydrogen (secondary N) is 4. The van der Waals surface area contributed by atoms with Crippen molar-refractivity contribution in [3.8, 4) is 0 Å². The molecule has 2 heterocycles. The third kappa shape index (κ3) is 6.22. The van der Waals surface area contributed by atoms with Crippen LogP contribution in [0.3, 0.4) is 0 Å². The summed E-state index contributed by atoms with van der Waals surface area (Å²) in [7, 11) is -3.37. The van der Waals surface area contributed by atoms with E-state index < -0.39 is 10.0 Å². The summed E-state index contributed by atoms with van der Waals surface area (Å²) in [6.07, 6.45) is 0. The van der Waals surface area contributed by atoms with Gasteiger partial charge in [0.2, 0.25) is 27.8 Å². The topological polar surface area (TPSA) is 155 Å². The van der Waals surface area contributed by atoms with E-state index in [1.165, 1.54) is 11.8 Å². The highest BCUT2D eigenvalue weighted by Gasteiger charge is 2.16. The van der Waals surface area contributed by atoms with Gasteiger partial charge in [-0.2, -0.15) is 9.97 Å². The minimum absolute atomic E-state index is 0.0174. The lowest BCUT2D eigenvalue weighted by atomic mass is 10.2. The Hall–Kier alpha value is -3.13. The Kier molecular flexibility index (Phi) is 7.92. The zero-order valence-electron chi connectivity index (χ0n) is 18.8. The van der Waals surface area contributed by atoms with Crippen LogP contribution in [0.2, 0.25) is 0 Å². The number of anilines is 4. The molecule has 178 valence electrons. The average molecular weight is 494 g/mol. The SMILES string of the molecule is CCNc1nc(NCC)n2c(SCC(=O)Nc3ccc(NS(=O)(=O)CC)c(C)c3)nnc2n1. The summed E-state index contributed by atoms with van der Waals surface area (Å²) in [5.41, 5.74) is 1.74. The van der Waals surface area contributed by atoms with Gasteiger partial charge in [0.05, 0.1) is 17.2 Å². The molecule has 0 unspecified atom stereocenters. The van der Waals surface area contributed by atoms with Crippen molar-refractivity contribution in [2.24, 2.45) is 0 Å². The number of benzene rings is 1. The van der Waals surface area contributed by atoms with Crippen molar-refractivity contribution in [2.75, 3.05) is 45.3 Å². The van der Waals surface area contributed by atoms with E-state index in [-0.39, 0.29) is 17.4 Å². The minimum Gasteiger partial charge on any atom is -0.355 e. The number of fused-ring (bicyclic) bond motifs is 1. The van der Waals surface area contributed by atoms with Crippen molar-refractivity contribution in [3.63, 3.8) is 0 Å². The number of amides is 1. The van der Waals surface area contributed by atoms with Gasteiger partial charge in [0.15, 0.2) is 5.16 Å². The molecule has 3 aromatic rings. The molecule has 0 saturated heterocycles. The standard InChI is InChI=1S/C19H27N9O3S2/c1-5-20-16-23-17(21-6-2)28-18(24-16)25-26-19(28)32-11-15(29)22-13-8-9-14(12(4)10-13)27-33(30,31)7-3/h8-10,27H,5-7,11H2,1-4H3,(H,22,29)(H2,20,21,23,24,25). The van der Waals surface area contributed by atoms with Gasteiger partial charge in [0.1, 0.15) is 0 Å². The first-order valence-electron chi connectivity index (χ1n) is 10.4. The van der Waals surface area contributed by atoms with Crippen LogP contribution in [-0.4, -0.2) is 63.5 Å². The van der Waals surface area contributed by atoms with Gasteiger partial charge in [-0.1, -0.05) is 11.8 Å². The third-order valence-corrected chi connectivity index (χ3v) is 6.62. The second-order valence-corrected chi connectivity index (χ2v) is 9.87. The number of nitrogens with zero attached hydrogens (tertiary/aromatic N) is 5. The van der Waals surface area contributed by atoms with Gasteiger partial charge in [-0.3, -0.25) is 9.52 Å². The summed E-state index contributed by atoms with van der Waals surface area (Å²) >= 11 is 1.21. The number of carbonyl (C=O) groups is 1. The largest absolute Gasteiger partial charge is 0.355 e. The number of aromatic nitrogens is 5. The molecule has 0 aliphatic carbocycles. The number of carbonyl (C=O) groups excluding carboxylic acids is 1. The number of aryl methyl sites for hydroxylation is 1. The van der Waals surface area contributed by atoms with Gasteiger partial charge in [0.25, 0.3) is 5.78 Å². The molecule has 0 radical (unpaired) electrons. The zero-order chi connectivity index (χ0) is 24.0. The molecule has 0 aliphatic heterocycles. The van der Waals surface area contributed by atoms with Crippen LogP contribution in [0, 0.1) is 6.92 Å². The molecule has 1 aromatic carbocycles. The Morgan fingerprint density at radius 2 is 1.85 bits per heavy atom. The maximum Gasteiger partial charge on any atom is 0.261 e. The maximum absolute atomic E-state index is 12.5. The molecular formula is C19H27N9O3S2. The molecule has 2 aromatic heterocycles. The van der Waals surface area contributed by atoms with Crippen LogP contribution in [0.15, 0.2) is 23.4 Å². The van der Waals surface area contributed by atoms with Gasteiger partial charge in [-0.05, 0) is 51.5 Å². The first-order chi connectivity index (χ1) is 15.8. The average Bonchev–Trinajstić information content (AvgIpc) is 3.18. The van der Waals surface area contributed by atoms with E-state index in [4.69, 9.17) is 0 Å². The molecule has 0 saturated carbocycles. The van der Waals surface area contributed by atoms with Gasteiger partial charge >= 0.3 is 0 Å². The highest BCUT2D eigenvalue weighted by molar-refractivity contribution is 7.99. The van der Waals surface area contributed by atoms with E-state index in [9.17, 15) is 13.2 Å². The monoisotopic (exact) mass is 493 g/mol. The van der Waals surface area contributed by atoms with Crippen LogP contribution < -0.4 is 20.7 Å². The summed E-state index contributed by atoms with van der Waals surface area (Å²) < 4.78 is 27.7. The molecule has 1 amide bonds. The third-order valence-electron chi connectivity index (χ3n) is 4.40. The van der Waals surface area contributed by atoms with Crippen molar-refractivity contribution in [2.45, 2.75) is 32.9 Å². The summed E-state index contributed by atoms with van der Waals surface area (Å²) in [6.45, 7) is 8.54. The van der Waals surface area contributed by atoms with Crippen molar-refractivity contribution in [3.05, 3.63) is 23.8 Å². The molecule has 4 N–H and O–H groups in total. The van der Waals surface area contributed by atoms with Crippen molar-refractivity contribution >= 4 is 56.7 Å². The van der Waals surface area contributed by atoms with Crippen molar-refractivity contribution in [1.29, 1.82) is 0 Å².